The highest BCUT2D eigenvalue weighted by atomic mass is 15.3. The van der Waals surface area contributed by atoms with Gasteiger partial charge in [0.2, 0.25) is 0 Å². The molecule has 0 aromatic carbocycles. The first-order valence-electron chi connectivity index (χ1n) is 3.51. The Morgan fingerprint density at radius 3 is 3.40 bits per heavy atom. The summed E-state index contributed by atoms with van der Waals surface area (Å²) in [6.07, 6.45) is 4.07. The van der Waals surface area contributed by atoms with Crippen LogP contribution in [-0.2, 0) is 20.0 Å². The summed E-state index contributed by atoms with van der Waals surface area (Å²) in [5, 5.41) is 7.34. The van der Waals surface area contributed by atoms with Crippen molar-refractivity contribution in [2.75, 3.05) is 6.54 Å². The van der Waals surface area contributed by atoms with Crippen LogP contribution in [0.15, 0.2) is 0 Å². The van der Waals surface area contributed by atoms with E-state index < -0.39 is 0 Å². The molecule has 0 unspecified atom stereocenters. The van der Waals surface area contributed by atoms with Crippen LogP contribution in [0.25, 0.3) is 0 Å². The molecule has 0 saturated carbocycles. The molecule has 1 aliphatic heterocycles. The van der Waals surface area contributed by atoms with Gasteiger partial charge >= 0.3 is 0 Å². The summed E-state index contributed by atoms with van der Waals surface area (Å²) in [7, 11) is 1.96. The number of aryl methyl sites for hydroxylation is 1. The average molecular weight is 136 g/mol. The van der Waals surface area contributed by atoms with Crippen molar-refractivity contribution in [1.82, 2.24) is 15.1 Å². The molecule has 53 valence electrons. The summed E-state index contributed by atoms with van der Waals surface area (Å²) in [6.45, 7) is 2.01. The van der Waals surface area contributed by atoms with Gasteiger partial charge in [-0.05, 0) is 13.0 Å². The molecular weight excluding hydrogens is 126 g/mol. The summed E-state index contributed by atoms with van der Waals surface area (Å²) < 4.78 is 1.89. The Kier molecular flexibility index (Phi) is 1.24. The zero-order valence-corrected chi connectivity index (χ0v) is 6.02. The molecule has 3 heteroatoms. The van der Waals surface area contributed by atoms with Gasteiger partial charge in [0.05, 0.1) is 5.69 Å². The number of nitrogens with one attached hydrogen (secondary N) is 1. The fourth-order valence-corrected chi connectivity index (χ4v) is 1.30. The number of nitrogens with zero attached hydrogens (tertiary/aromatic N) is 2. The molecule has 0 atom stereocenters. The average Bonchev–Trinajstić information content (AvgIpc) is 2.34. The Balaban J connectivity index is 2.45. The fraction of sp³-hybridized carbons (Fsp3) is 0.571. The van der Waals surface area contributed by atoms with Crippen molar-refractivity contribution in [2.45, 2.75) is 13.0 Å². The predicted molar refractivity (Wildman–Crippen MR) is 37.5 cm³/mol. The molecule has 2 rings (SSSR count). The first-order valence-corrected chi connectivity index (χ1v) is 3.51. The van der Waals surface area contributed by atoms with Crippen molar-refractivity contribution in [2.24, 2.45) is 7.05 Å². The molecule has 0 amide bonds. The van der Waals surface area contributed by atoms with E-state index in [4.69, 9.17) is 0 Å². The molecular formula is C7H10N3. The summed E-state index contributed by atoms with van der Waals surface area (Å²) in [4.78, 5) is 0. The molecule has 0 bridgehead atoms. The SMILES string of the molecule is Cn1n[c]c2c1CNCC2. The molecule has 0 spiro atoms. The van der Waals surface area contributed by atoms with Crippen molar-refractivity contribution in [3.05, 3.63) is 17.5 Å². The van der Waals surface area contributed by atoms with Gasteiger partial charge < -0.3 is 5.32 Å². The molecule has 0 aliphatic carbocycles. The molecule has 3 nitrogen and oxygen atoms in total. The lowest BCUT2D eigenvalue weighted by Crippen LogP contribution is -2.24. The Labute approximate surface area is 60.0 Å². The molecule has 1 aromatic rings. The maximum absolute atomic E-state index is 4.05. The van der Waals surface area contributed by atoms with E-state index in [0.717, 1.165) is 19.5 Å². The van der Waals surface area contributed by atoms with E-state index in [1.54, 1.807) is 0 Å². The van der Waals surface area contributed by atoms with Crippen LogP contribution in [0, 0.1) is 6.20 Å². The van der Waals surface area contributed by atoms with Crippen LogP contribution in [0.2, 0.25) is 0 Å². The van der Waals surface area contributed by atoms with Gasteiger partial charge in [-0.15, -0.1) is 0 Å². The largest absolute Gasteiger partial charge is 0.311 e. The minimum Gasteiger partial charge on any atom is -0.311 e. The zero-order chi connectivity index (χ0) is 6.97. The number of rotatable bonds is 0. The third-order valence-electron chi connectivity index (χ3n) is 1.92. The van der Waals surface area contributed by atoms with E-state index in [1.165, 1.54) is 11.3 Å². The lowest BCUT2D eigenvalue weighted by atomic mass is 10.1. The molecule has 1 aromatic heterocycles. The van der Waals surface area contributed by atoms with Crippen LogP contribution in [0.1, 0.15) is 11.3 Å². The maximum Gasteiger partial charge on any atom is 0.116 e. The fourth-order valence-electron chi connectivity index (χ4n) is 1.30. The van der Waals surface area contributed by atoms with Crippen molar-refractivity contribution in [1.29, 1.82) is 0 Å². The van der Waals surface area contributed by atoms with Gasteiger partial charge in [0, 0.05) is 19.2 Å². The van der Waals surface area contributed by atoms with Crippen LogP contribution >= 0.6 is 0 Å². The topological polar surface area (TPSA) is 29.9 Å². The van der Waals surface area contributed by atoms with Crippen LogP contribution < -0.4 is 5.32 Å². The van der Waals surface area contributed by atoms with Gasteiger partial charge in [-0.25, -0.2) is 0 Å². The Morgan fingerprint density at radius 2 is 2.60 bits per heavy atom. The second-order valence-electron chi connectivity index (χ2n) is 2.59. The number of aromatic nitrogens is 2. The van der Waals surface area contributed by atoms with Crippen molar-refractivity contribution in [3.63, 3.8) is 0 Å². The van der Waals surface area contributed by atoms with Crippen molar-refractivity contribution < 1.29 is 0 Å². The third-order valence-corrected chi connectivity index (χ3v) is 1.92. The molecule has 0 saturated heterocycles. The predicted octanol–water partition coefficient (Wildman–Crippen LogP) is -0.134. The van der Waals surface area contributed by atoms with Crippen LogP contribution in [0.5, 0.6) is 0 Å². The summed E-state index contributed by atoms with van der Waals surface area (Å²) in [5.41, 5.74) is 2.56. The number of fused-ring (bicyclic) bond motifs is 1. The van der Waals surface area contributed by atoms with E-state index >= 15 is 0 Å². The van der Waals surface area contributed by atoms with Crippen LogP contribution in [-0.4, -0.2) is 16.3 Å². The molecule has 1 radical (unpaired) electrons. The first-order chi connectivity index (χ1) is 4.88. The molecule has 10 heavy (non-hydrogen) atoms. The summed E-state index contributed by atoms with van der Waals surface area (Å²) in [6, 6.07) is 0. The van der Waals surface area contributed by atoms with Crippen molar-refractivity contribution in [3.8, 4) is 0 Å². The van der Waals surface area contributed by atoms with Crippen LogP contribution in [0.4, 0.5) is 0 Å². The van der Waals surface area contributed by atoms with Gasteiger partial charge in [-0.2, -0.15) is 5.10 Å². The lowest BCUT2D eigenvalue weighted by Gasteiger charge is -2.12. The summed E-state index contributed by atoms with van der Waals surface area (Å²) >= 11 is 0. The highest BCUT2D eigenvalue weighted by molar-refractivity contribution is 5.18. The first kappa shape index (κ1) is 5.92. The van der Waals surface area contributed by atoms with Gasteiger partial charge in [-0.1, -0.05) is 0 Å². The van der Waals surface area contributed by atoms with E-state index in [9.17, 15) is 0 Å². The second-order valence-corrected chi connectivity index (χ2v) is 2.59. The van der Waals surface area contributed by atoms with Gasteiger partial charge in [0.1, 0.15) is 6.20 Å². The van der Waals surface area contributed by atoms with Gasteiger partial charge in [0.15, 0.2) is 0 Å². The second kappa shape index (κ2) is 2.09. The van der Waals surface area contributed by atoms with Crippen LogP contribution in [0.3, 0.4) is 0 Å². The number of hydrogen-bond donors (Lipinski definition) is 1. The highest BCUT2D eigenvalue weighted by Gasteiger charge is 2.11. The number of hydrogen-bond acceptors (Lipinski definition) is 2. The van der Waals surface area contributed by atoms with E-state index in [2.05, 4.69) is 16.6 Å². The van der Waals surface area contributed by atoms with E-state index in [0.29, 0.717) is 0 Å². The minimum atomic E-state index is 0.947. The normalized spacial score (nSPS) is 16.9. The van der Waals surface area contributed by atoms with Gasteiger partial charge in [-0.3, -0.25) is 4.68 Å². The smallest absolute Gasteiger partial charge is 0.116 e. The Hall–Kier alpha value is -0.830. The van der Waals surface area contributed by atoms with Crippen molar-refractivity contribution >= 4 is 0 Å². The minimum absolute atomic E-state index is 0.947. The Morgan fingerprint density at radius 1 is 1.70 bits per heavy atom. The monoisotopic (exact) mass is 136 g/mol. The quantitative estimate of drug-likeness (QED) is 0.538. The standard InChI is InChI=1S/C7H10N3/c1-10-7-5-8-3-2-6(7)4-9-10/h8H,2-3,5H2,1H3. The third kappa shape index (κ3) is 0.743. The Bertz CT molecular complexity index is 239. The lowest BCUT2D eigenvalue weighted by molar-refractivity contribution is 0.593. The zero-order valence-electron chi connectivity index (χ0n) is 6.02. The van der Waals surface area contributed by atoms with E-state index in [-0.39, 0.29) is 0 Å². The molecule has 1 aliphatic rings. The maximum atomic E-state index is 4.05. The molecule has 0 fully saturated rings. The molecule has 2 heterocycles. The van der Waals surface area contributed by atoms with E-state index in [1.807, 2.05) is 11.7 Å². The highest BCUT2D eigenvalue weighted by Crippen LogP contribution is 2.10. The molecule has 1 N–H and O–H groups in total. The van der Waals surface area contributed by atoms with Gasteiger partial charge in [0.25, 0.3) is 0 Å². The summed E-state index contributed by atoms with van der Waals surface area (Å²) in [5.74, 6) is 0.